The summed E-state index contributed by atoms with van der Waals surface area (Å²) >= 11 is 0. The van der Waals surface area contributed by atoms with E-state index in [0.717, 1.165) is 0 Å². The van der Waals surface area contributed by atoms with Crippen molar-refractivity contribution in [3.63, 3.8) is 0 Å². The van der Waals surface area contributed by atoms with Crippen LogP contribution < -0.4 is 0 Å². The fourth-order valence-corrected chi connectivity index (χ4v) is 2.13. The lowest BCUT2D eigenvalue weighted by Crippen LogP contribution is -2.13. The van der Waals surface area contributed by atoms with E-state index in [1.807, 2.05) is 0 Å². The molecule has 0 heterocycles. The van der Waals surface area contributed by atoms with E-state index in [-0.39, 0.29) is 0 Å². The first-order valence-corrected chi connectivity index (χ1v) is 4.71. The van der Waals surface area contributed by atoms with Gasteiger partial charge in [0.2, 0.25) is 0 Å². The first kappa shape index (κ1) is 8.83. The van der Waals surface area contributed by atoms with E-state index in [1.165, 1.54) is 31.3 Å². The second-order valence-corrected chi connectivity index (χ2v) is 4.39. The van der Waals surface area contributed by atoms with Crippen molar-refractivity contribution in [1.29, 1.82) is 0 Å². The zero-order valence-corrected chi connectivity index (χ0v) is 8.33. The highest BCUT2D eigenvalue weighted by Crippen LogP contribution is 2.44. The average Bonchev–Trinajstić information content (AvgIpc) is 2.35. The van der Waals surface area contributed by atoms with E-state index in [9.17, 15) is 0 Å². The summed E-state index contributed by atoms with van der Waals surface area (Å²) in [5.41, 5.74) is 3.71. The van der Waals surface area contributed by atoms with Crippen molar-refractivity contribution in [2.24, 2.45) is 5.41 Å². The third-order valence-corrected chi connectivity index (χ3v) is 3.36. The summed E-state index contributed by atoms with van der Waals surface area (Å²) in [6.45, 7) is 9.20. The summed E-state index contributed by atoms with van der Waals surface area (Å²) in [5.74, 6) is 0. The van der Waals surface area contributed by atoms with Crippen LogP contribution in [0, 0.1) is 5.41 Å². The summed E-state index contributed by atoms with van der Waals surface area (Å²) in [6.07, 6.45) is 5.68. The SMILES string of the molecule is CC(C)=C(C)C1(C)CCCC1. The molecule has 0 atom stereocenters. The molecule has 1 saturated carbocycles. The molecule has 0 amide bonds. The van der Waals surface area contributed by atoms with Crippen molar-refractivity contribution in [3.05, 3.63) is 11.1 Å². The van der Waals surface area contributed by atoms with E-state index in [4.69, 9.17) is 0 Å². The number of hydrogen-bond donors (Lipinski definition) is 0. The zero-order valence-electron chi connectivity index (χ0n) is 8.33. The second kappa shape index (κ2) is 3.00. The van der Waals surface area contributed by atoms with Crippen molar-refractivity contribution >= 4 is 0 Å². The Bertz CT molecular complexity index is 164. The minimum absolute atomic E-state index is 0.554. The Kier molecular flexibility index (Phi) is 2.41. The van der Waals surface area contributed by atoms with Crippen LogP contribution in [0.3, 0.4) is 0 Å². The van der Waals surface area contributed by atoms with Crippen LogP contribution in [0.2, 0.25) is 0 Å². The molecule has 0 bridgehead atoms. The molecule has 0 spiro atoms. The maximum Gasteiger partial charge on any atom is -0.0117 e. The Labute approximate surface area is 70.7 Å². The molecule has 0 aliphatic heterocycles. The molecule has 0 N–H and O–H groups in total. The predicted molar refractivity (Wildman–Crippen MR) is 50.6 cm³/mol. The van der Waals surface area contributed by atoms with Gasteiger partial charge < -0.3 is 0 Å². The summed E-state index contributed by atoms with van der Waals surface area (Å²) in [4.78, 5) is 0. The van der Waals surface area contributed by atoms with Crippen LogP contribution in [-0.4, -0.2) is 0 Å². The van der Waals surface area contributed by atoms with Gasteiger partial charge in [-0.2, -0.15) is 0 Å². The summed E-state index contributed by atoms with van der Waals surface area (Å²) in [6, 6.07) is 0. The summed E-state index contributed by atoms with van der Waals surface area (Å²) < 4.78 is 0. The number of hydrogen-bond acceptors (Lipinski definition) is 0. The molecule has 0 heteroatoms. The molecule has 0 saturated heterocycles. The van der Waals surface area contributed by atoms with Crippen LogP contribution in [0.4, 0.5) is 0 Å². The van der Waals surface area contributed by atoms with Gasteiger partial charge in [-0.25, -0.2) is 0 Å². The van der Waals surface area contributed by atoms with Gasteiger partial charge in [-0.15, -0.1) is 0 Å². The molecular weight excluding hydrogens is 132 g/mol. The molecule has 1 aliphatic carbocycles. The molecule has 0 unspecified atom stereocenters. The predicted octanol–water partition coefficient (Wildman–Crippen LogP) is 3.92. The third kappa shape index (κ3) is 1.66. The highest BCUT2D eigenvalue weighted by atomic mass is 14.3. The van der Waals surface area contributed by atoms with Crippen LogP contribution in [0.5, 0.6) is 0 Å². The fraction of sp³-hybridized carbons (Fsp3) is 0.818. The topological polar surface area (TPSA) is 0 Å². The van der Waals surface area contributed by atoms with Crippen LogP contribution >= 0.6 is 0 Å². The van der Waals surface area contributed by atoms with Crippen molar-refractivity contribution in [2.75, 3.05) is 0 Å². The molecule has 1 fully saturated rings. The van der Waals surface area contributed by atoms with Gasteiger partial charge in [0.05, 0.1) is 0 Å². The minimum atomic E-state index is 0.554. The molecule has 1 rings (SSSR count). The van der Waals surface area contributed by atoms with Gasteiger partial charge in [0.25, 0.3) is 0 Å². The standard InChI is InChI=1S/C11H20/c1-9(2)10(3)11(4)7-5-6-8-11/h5-8H2,1-4H3. The van der Waals surface area contributed by atoms with Gasteiger partial charge in [0.1, 0.15) is 0 Å². The highest BCUT2D eigenvalue weighted by molar-refractivity contribution is 5.17. The van der Waals surface area contributed by atoms with E-state index >= 15 is 0 Å². The number of allylic oxidation sites excluding steroid dienone is 2. The maximum atomic E-state index is 2.42. The molecule has 0 aromatic rings. The molecule has 1 aliphatic rings. The lowest BCUT2D eigenvalue weighted by molar-refractivity contribution is 0.410. The molecule has 0 aromatic heterocycles. The molecule has 64 valence electrons. The minimum Gasteiger partial charge on any atom is -0.0770 e. The van der Waals surface area contributed by atoms with E-state index in [0.29, 0.717) is 5.41 Å². The van der Waals surface area contributed by atoms with Crippen molar-refractivity contribution in [1.82, 2.24) is 0 Å². The second-order valence-electron chi connectivity index (χ2n) is 4.39. The van der Waals surface area contributed by atoms with E-state index in [2.05, 4.69) is 27.7 Å². The Balaban J connectivity index is 2.80. The average molecular weight is 152 g/mol. The lowest BCUT2D eigenvalue weighted by Gasteiger charge is -2.26. The van der Waals surface area contributed by atoms with Gasteiger partial charge in [0, 0.05) is 0 Å². The van der Waals surface area contributed by atoms with Gasteiger partial charge in [-0.3, -0.25) is 0 Å². The molecular formula is C11H20. The summed E-state index contributed by atoms with van der Waals surface area (Å²) in [5, 5.41) is 0. The van der Waals surface area contributed by atoms with Gasteiger partial charge in [-0.05, 0) is 39.0 Å². The maximum absolute atomic E-state index is 2.42. The van der Waals surface area contributed by atoms with Crippen LogP contribution in [0.25, 0.3) is 0 Å². The first-order valence-electron chi connectivity index (χ1n) is 4.71. The third-order valence-electron chi connectivity index (χ3n) is 3.36. The number of rotatable bonds is 1. The smallest absolute Gasteiger partial charge is 0.0117 e. The van der Waals surface area contributed by atoms with Gasteiger partial charge >= 0.3 is 0 Å². The van der Waals surface area contributed by atoms with Crippen LogP contribution in [0.15, 0.2) is 11.1 Å². The Morgan fingerprint density at radius 2 is 1.45 bits per heavy atom. The highest BCUT2D eigenvalue weighted by Gasteiger charge is 2.30. The first-order chi connectivity index (χ1) is 5.06. The van der Waals surface area contributed by atoms with Crippen molar-refractivity contribution < 1.29 is 0 Å². The molecule has 0 radical (unpaired) electrons. The van der Waals surface area contributed by atoms with E-state index in [1.54, 1.807) is 5.57 Å². The lowest BCUT2D eigenvalue weighted by atomic mass is 9.79. The Morgan fingerprint density at radius 3 is 1.82 bits per heavy atom. The van der Waals surface area contributed by atoms with Gasteiger partial charge in [-0.1, -0.05) is 30.9 Å². The van der Waals surface area contributed by atoms with Crippen LogP contribution in [0.1, 0.15) is 53.4 Å². The van der Waals surface area contributed by atoms with Gasteiger partial charge in [0.15, 0.2) is 0 Å². The van der Waals surface area contributed by atoms with Crippen molar-refractivity contribution in [2.45, 2.75) is 53.4 Å². The zero-order chi connectivity index (χ0) is 8.48. The Morgan fingerprint density at radius 1 is 1.00 bits per heavy atom. The Hall–Kier alpha value is -0.260. The fourth-order valence-electron chi connectivity index (χ4n) is 2.13. The molecule has 0 nitrogen and oxygen atoms in total. The molecule has 0 aromatic carbocycles. The quantitative estimate of drug-likeness (QED) is 0.499. The van der Waals surface area contributed by atoms with E-state index < -0.39 is 0 Å². The normalized spacial score (nSPS) is 21.8. The van der Waals surface area contributed by atoms with Crippen molar-refractivity contribution in [3.8, 4) is 0 Å². The van der Waals surface area contributed by atoms with Crippen LogP contribution in [-0.2, 0) is 0 Å². The monoisotopic (exact) mass is 152 g/mol. The largest absolute Gasteiger partial charge is 0.0770 e. The molecule has 11 heavy (non-hydrogen) atoms. The summed E-state index contributed by atoms with van der Waals surface area (Å²) in [7, 11) is 0.